The fourth-order valence-corrected chi connectivity index (χ4v) is 3.53. The highest BCUT2D eigenvalue weighted by molar-refractivity contribution is 5.93. The van der Waals surface area contributed by atoms with Crippen LogP contribution in [0.3, 0.4) is 0 Å². The van der Waals surface area contributed by atoms with Gasteiger partial charge >= 0.3 is 5.97 Å². The average molecular weight is 301 g/mol. The Bertz CT molecular complexity index is 548. The van der Waals surface area contributed by atoms with Crippen LogP contribution in [0, 0.1) is 17.8 Å². The molecule has 4 heteroatoms. The minimum absolute atomic E-state index is 0.0372. The quantitative estimate of drug-likeness (QED) is 0.851. The first-order chi connectivity index (χ1) is 10.7. The summed E-state index contributed by atoms with van der Waals surface area (Å²) in [5.74, 6) is 1.29. The summed E-state index contributed by atoms with van der Waals surface area (Å²) >= 11 is 0. The van der Waals surface area contributed by atoms with E-state index >= 15 is 0 Å². The van der Waals surface area contributed by atoms with Gasteiger partial charge in [0.05, 0.1) is 5.92 Å². The first kappa shape index (κ1) is 15.1. The molecule has 2 atom stereocenters. The zero-order chi connectivity index (χ0) is 15.5. The number of carbonyl (C=O) groups is 2. The first-order valence-corrected chi connectivity index (χ1v) is 8.16. The van der Waals surface area contributed by atoms with Crippen LogP contribution in [0.5, 0.6) is 0 Å². The van der Waals surface area contributed by atoms with E-state index in [0.29, 0.717) is 18.1 Å². The van der Waals surface area contributed by atoms with Crippen LogP contribution in [0.25, 0.3) is 0 Å². The number of esters is 1. The molecule has 0 radical (unpaired) electrons. The van der Waals surface area contributed by atoms with Crippen molar-refractivity contribution in [2.75, 3.05) is 7.05 Å². The summed E-state index contributed by atoms with van der Waals surface area (Å²) in [7, 11) is 1.61. The third-order valence-corrected chi connectivity index (χ3v) is 4.92. The Morgan fingerprint density at radius 1 is 1.14 bits per heavy atom. The van der Waals surface area contributed by atoms with Crippen molar-refractivity contribution in [1.29, 1.82) is 0 Å². The van der Waals surface area contributed by atoms with Gasteiger partial charge in [0.1, 0.15) is 6.61 Å². The summed E-state index contributed by atoms with van der Waals surface area (Å²) in [6, 6.07) is 7.19. The van der Waals surface area contributed by atoms with Crippen molar-refractivity contribution >= 4 is 11.9 Å². The molecule has 1 aromatic rings. The summed E-state index contributed by atoms with van der Waals surface area (Å²) in [6.07, 6.45) is 5.90. The SMILES string of the molecule is CNC(=O)c1ccc(COC(=O)[C@@H]2CCC[C@H]2C2CC2)cc1. The lowest BCUT2D eigenvalue weighted by atomic mass is 9.91. The van der Waals surface area contributed by atoms with Gasteiger partial charge < -0.3 is 10.1 Å². The van der Waals surface area contributed by atoms with Crippen molar-refractivity contribution in [1.82, 2.24) is 5.32 Å². The summed E-state index contributed by atoms with van der Waals surface area (Å²) < 4.78 is 5.51. The number of benzene rings is 1. The van der Waals surface area contributed by atoms with Crippen LogP contribution in [0.15, 0.2) is 24.3 Å². The molecular formula is C18H23NO3. The Labute approximate surface area is 131 Å². The molecule has 4 nitrogen and oxygen atoms in total. The lowest BCUT2D eigenvalue weighted by molar-refractivity contribution is -0.151. The zero-order valence-corrected chi connectivity index (χ0v) is 13.0. The predicted molar refractivity (Wildman–Crippen MR) is 83.2 cm³/mol. The van der Waals surface area contributed by atoms with Gasteiger partial charge in [-0.3, -0.25) is 9.59 Å². The Morgan fingerprint density at radius 3 is 2.50 bits per heavy atom. The molecule has 1 amide bonds. The number of hydrogen-bond donors (Lipinski definition) is 1. The highest BCUT2D eigenvalue weighted by Gasteiger charge is 2.43. The molecule has 0 bridgehead atoms. The summed E-state index contributed by atoms with van der Waals surface area (Å²) in [5.41, 5.74) is 1.53. The highest BCUT2D eigenvalue weighted by atomic mass is 16.5. The van der Waals surface area contributed by atoms with Gasteiger partial charge in [-0.05, 0) is 55.2 Å². The van der Waals surface area contributed by atoms with Crippen molar-refractivity contribution in [3.63, 3.8) is 0 Å². The van der Waals surface area contributed by atoms with Crippen molar-refractivity contribution in [3.05, 3.63) is 35.4 Å². The molecule has 0 spiro atoms. The van der Waals surface area contributed by atoms with Crippen LogP contribution in [-0.2, 0) is 16.1 Å². The zero-order valence-electron chi connectivity index (χ0n) is 13.0. The minimum atomic E-state index is -0.109. The molecule has 2 aliphatic rings. The van der Waals surface area contributed by atoms with Gasteiger partial charge in [-0.1, -0.05) is 18.6 Å². The van der Waals surface area contributed by atoms with Crippen LogP contribution in [0.1, 0.15) is 48.0 Å². The third kappa shape index (κ3) is 3.32. The maximum absolute atomic E-state index is 12.3. The summed E-state index contributed by atoms with van der Waals surface area (Å²) in [4.78, 5) is 23.8. The van der Waals surface area contributed by atoms with E-state index < -0.39 is 0 Å². The smallest absolute Gasteiger partial charge is 0.309 e. The van der Waals surface area contributed by atoms with Crippen LogP contribution >= 0.6 is 0 Å². The molecule has 0 heterocycles. The molecular weight excluding hydrogens is 278 g/mol. The van der Waals surface area contributed by atoms with Gasteiger partial charge in [0.15, 0.2) is 0 Å². The fraction of sp³-hybridized carbons (Fsp3) is 0.556. The number of amides is 1. The van der Waals surface area contributed by atoms with E-state index in [1.165, 1.54) is 19.3 Å². The second-order valence-corrected chi connectivity index (χ2v) is 6.42. The molecule has 0 unspecified atom stereocenters. The number of rotatable bonds is 5. The molecule has 2 saturated carbocycles. The van der Waals surface area contributed by atoms with E-state index in [9.17, 15) is 9.59 Å². The van der Waals surface area contributed by atoms with Crippen LogP contribution in [-0.4, -0.2) is 18.9 Å². The molecule has 2 fully saturated rings. The molecule has 118 valence electrons. The van der Waals surface area contributed by atoms with E-state index in [0.717, 1.165) is 24.3 Å². The Hall–Kier alpha value is -1.84. The van der Waals surface area contributed by atoms with E-state index in [-0.39, 0.29) is 17.8 Å². The monoisotopic (exact) mass is 301 g/mol. The maximum atomic E-state index is 12.3. The molecule has 22 heavy (non-hydrogen) atoms. The van der Waals surface area contributed by atoms with Gasteiger partial charge in [-0.2, -0.15) is 0 Å². The Kier molecular flexibility index (Phi) is 4.46. The summed E-state index contributed by atoms with van der Waals surface area (Å²) in [6.45, 7) is 0.292. The molecule has 0 aliphatic heterocycles. The van der Waals surface area contributed by atoms with Crippen molar-refractivity contribution in [2.45, 2.75) is 38.7 Å². The van der Waals surface area contributed by atoms with E-state index in [1.54, 1.807) is 19.2 Å². The largest absolute Gasteiger partial charge is 0.461 e. The van der Waals surface area contributed by atoms with Crippen LogP contribution in [0.4, 0.5) is 0 Å². The van der Waals surface area contributed by atoms with Gasteiger partial charge in [-0.25, -0.2) is 0 Å². The summed E-state index contributed by atoms with van der Waals surface area (Å²) in [5, 5.41) is 2.59. The lowest BCUT2D eigenvalue weighted by Crippen LogP contribution is -2.22. The lowest BCUT2D eigenvalue weighted by Gasteiger charge is -2.17. The van der Waals surface area contributed by atoms with Gasteiger partial charge in [0, 0.05) is 12.6 Å². The topological polar surface area (TPSA) is 55.4 Å². The Balaban J connectivity index is 1.53. The minimum Gasteiger partial charge on any atom is -0.461 e. The molecule has 2 aliphatic carbocycles. The normalized spacial score (nSPS) is 24.0. The number of hydrogen-bond acceptors (Lipinski definition) is 3. The molecule has 0 aromatic heterocycles. The van der Waals surface area contributed by atoms with Crippen LogP contribution < -0.4 is 5.32 Å². The molecule has 0 saturated heterocycles. The van der Waals surface area contributed by atoms with E-state index in [2.05, 4.69) is 5.32 Å². The molecule has 1 aromatic carbocycles. The Morgan fingerprint density at radius 2 is 1.86 bits per heavy atom. The van der Waals surface area contributed by atoms with Crippen LogP contribution in [0.2, 0.25) is 0 Å². The number of nitrogens with one attached hydrogen (secondary N) is 1. The molecule has 3 rings (SSSR count). The standard InChI is InChI=1S/C18H23NO3/c1-19-17(20)14-7-5-12(6-8-14)11-22-18(21)16-4-2-3-15(16)13-9-10-13/h5-8,13,15-16H,2-4,9-11H2,1H3,(H,19,20)/t15-,16+/m0/s1. The number of ether oxygens (including phenoxy) is 1. The fourth-order valence-electron chi connectivity index (χ4n) is 3.53. The second kappa shape index (κ2) is 6.51. The first-order valence-electron chi connectivity index (χ1n) is 8.16. The molecule has 1 N–H and O–H groups in total. The van der Waals surface area contributed by atoms with Crippen molar-refractivity contribution < 1.29 is 14.3 Å². The van der Waals surface area contributed by atoms with Gasteiger partial charge in [0.25, 0.3) is 5.91 Å². The van der Waals surface area contributed by atoms with Crippen molar-refractivity contribution in [3.8, 4) is 0 Å². The average Bonchev–Trinajstić information content (AvgIpc) is 3.29. The van der Waals surface area contributed by atoms with E-state index in [4.69, 9.17) is 4.74 Å². The predicted octanol–water partition coefficient (Wildman–Crippen LogP) is 2.92. The maximum Gasteiger partial charge on any atom is 0.309 e. The third-order valence-electron chi connectivity index (χ3n) is 4.92. The van der Waals surface area contributed by atoms with Gasteiger partial charge in [0.2, 0.25) is 0 Å². The van der Waals surface area contributed by atoms with Crippen molar-refractivity contribution in [2.24, 2.45) is 17.8 Å². The number of carbonyl (C=O) groups excluding carboxylic acids is 2. The highest BCUT2D eigenvalue weighted by Crippen LogP contribution is 2.48. The van der Waals surface area contributed by atoms with E-state index in [1.807, 2.05) is 12.1 Å². The van der Waals surface area contributed by atoms with Gasteiger partial charge in [-0.15, -0.1) is 0 Å². The second-order valence-electron chi connectivity index (χ2n) is 6.42.